The van der Waals surface area contributed by atoms with Crippen molar-refractivity contribution in [2.45, 2.75) is 96.4 Å². The van der Waals surface area contributed by atoms with Crippen molar-refractivity contribution in [3.8, 4) is 12.3 Å². The van der Waals surface area contributed by atoms with Gasteiger partial charge in [0.05, 0.1) is 11.5 Å². The second-order valence-corrected chi connectivity index (χ2v) is 8.14. The number of hydrogen-bond acceptors (Lipinski definition) is 3. The Morgan fingerprint density at radius 3 is 2.11 bits per heavy atom. The molecule has 0 fully saturated rings. The molecule has 154 valence electrons. The summed E-state index contributed by atoms with van der Waals surface area (Å²) in [5, 5.41) is 20.1. The Kier molecular flexibility index (Phi) is 11.4. The summed E-state index contributed by atoms with van der Waals surface area (Å²) in [4.78, 5) is 1.76. The van der Waals surface area contributed by atoms with Gasteiger partial charge in [-0.3, -0.25) is 0 Å². The van der Waals surface area contributed by atoms with Crippen molar-refractivity contribution in [3.63, 3.8) is 0 Å². The lowest BCUT2D eigenvalue weighted by Crippen LogP contribution is -2.42. The average molecular weight is 382 g/mol. The summed E-state index contributed by atoms with van der Waals surface area (Å²) in [5.41, 5.74) is 0.591. The number of nitrogens with zero attached hydrogens (tertiary/aromatic N) is 3. The summed E-state index contributed by atoms with van der Waals surface area (Å²) < 4.78 is 0. The maximum atomic E-state index is 10.5. The fourth-order valence-electron chi connectivity index (χ4n) is 4.48. The van der Waals surface area contributed by atoms with Crippen LogP contribution < -0.4 is 0 Å². The van der Waals surface area contributed by atoms with E-state index < -0.39 is 5.41 Å². The molecule has 0 amide bonds. The van der Waals surface area contributed by atoms with Crippen LogP contribution in [0, 0.1) is 28.7 Å². The lowest BCUT2D eigenvalue weighted by atomic mass is 9.64. The van der Waals surface area contributed by atoms with Crippen LogP contribution in [0.1, 0.15) is 90.5 Å². The third kappa shape index (κ3) is 6.56. The molecule has 1 rings (SSSR count). The van der Waals surface area contributed by atoms with Crippen molar-refractivity contribution >= 4 is 0 Å². The SMILES string of the molecule is CCCCCCC(CCC)C(C#N)(C[C@H](CCC)N(C)C#N)c1ccccc1. The molecular formula is C25H39N3. The van der Waals surface area contributed by atoms with Crippen LogP contribution in [0.25, 0.3) is 0 Å². The molecule has 0 radical (unpaired) electrons. The molecule has 1 aromatic rings. The highest BCUT2D eigenvalue weighted by atomic mass is 15.1. The molecule has 0 spiro atoms. The van der Waals surface area contributed by atoms with E-state index in [1.807, 2.05) is 25.2 Å². The molecule has 3 atom stereocenters. The van der Waals surface area contributed by atoms with Crippen LogP contribution in [0.3, 0.4) is 0 Å². The summed E-state index contributed by atoms with van der Waals surface area (Å²) >= 11 is 0. The Hall–Kier alpha value is -2.00. The van der Waals surface area contributed by atoms with Gasteiger partial charge in [-0.25, -0.2) is 0 Å². The van der Waals surface area contributed by atoms with E-state index in [0.717, 1.165) is 44.1 Å². The number of rotatable bonds is 14. The van der Waals surface area contributed by atoms with E-state index in [4.69, 9.17) is 0 Å². The van der Waals surface area contributed by atoms with E-state index in [2.05, 4.69) is 45.2 Å². The second-order valence-electron chi connectivity index (χ2n) is 8.14. The molecule has 0 N–H and O–H groups in total. The van der Waals surface area contributed by atoms with Crippen LogP contribution in [0.4, 0.5) is 0 Å². The summed E-state index contributed by atoms with van der Waals surface area (Å²) in [7, 11) is 1.86. The van der Waals surface area contributed by atoms with Crippen LogP contribution in [0.5, 0.6) is 0 Å². The highest BCUT2D eigenvalue weighted by Gasteiger charge is 2.42. The maximum Gasteiger partial charge on any atom is 0.179 e. The standard InChI is InChI=1S/C25H39N3/c1-5-8-9-11-16-22(14-6-2)25(20-26,23-17-12-10-13-18-23)19-24(15-7-3)28(4)21-27/h10,12-13,17-18,22,24H,5-9,11,14-16,19H2,1-4H3/t22?,24-,25?/m0/s1. The van der Waals surface area contributed by atoms with Crippen molar-refractivity contribution in [1.82, 2.24) is 4.90 Å². The molecule has 1 aromatic carbocycles. The Morgan fingerprint density at radius 1 is 0.893 bits per heavy atom. The quantitative estimate of drug-likeness (QED) is 0.202. The van der Waals surface area contributed by atoms with E-state index in [1.54, 1.807) is 4.90 Å². The molecule has 0 saturated heterocycles. The fraction of sp³-hybridized carbons (Fsp3) is 0.680. The van der Waals surface area contributed by atoms with E-state index in [0.29, 0.717) is 5.92 Å². The number of unbranched alkanes of at least 4 members (excludes halogenated alkanes) is 3. The van der Waals surface area contributed by atoms with E-state index >= 15 is 0 Å². The molecule has 3 heteroatoms. The van der Waals surface area contributed by atoms with Crippen LogP contribution >= 0.6 is 0 Å². The predicted octanol–water partition coefficient (Wildman–Crippen LogP) is 6.81. The van der Waals surface area contributed by atoms with Crippen LogP contribution in [0.15, 0.2) is 30.3 Å². The van der Waals surface area contributed by atoms with Crippen LogP contribution in [0.2, 0.25) is 0 Å². The minimum atomic E-state index is -0.533. The molecular weight excluding hydrogens is 342 g/mol. The van der Waals surface area contributed by atoms with Crippen molar-refractivity contribution in [2.24, 2.45) is 5.92 Å². The highest BCUT2D eigenvalue weighted by molar-refractivity contribution is 5.34. The van der Waals surface area contributed by atoms with Crippen molar-refractivity contribution in [2.75, 3.05) is 7.05 Å². The lowest BCUT2D eigenvalue weighted by Gasteiger charge is -2.40. The Bertz CT molecular complexity index is 613. The van der Waals surface area contributed by atoms with Crippen molar-refractivity contribution in [3.05, 3.63) is 35.9 Å². The Balaban J connectivity index is 3.31. The monoisotopic (exact) mass is 381 g/mol. The third-order valence-corrected chi connectivity index (χ3v) is 6.11. The van der Waals surface area contributed by atoms with E-state index in [1.165, 1.54) is 25.7 Å². The maximum absolute atomic E-state index is 10.5. The van der Waals surface area contributed by atoms with Crippen molar-refractivity contribution in [1.29, 1.82) is 10.5 Å². The summed E-state index contributed by atoms with van der Waals surface area (Å²) in [6.07, 6.45) is 13.1. The first-order chi connectivity index (χ1) is 13.6. The highest BCUT2D eigenvalue weighted by Crippen LogP contribution is 2.43. The van der Waals surface area contributed by atoms with Gasteiger partial charge in [-0.15, -0.1) is 0 Å². The predicted molar refractivity (Wildman–Crippen MR) is 118 cm³/mol. The van der Waals surface area contributed by atoms with Gasteiger partial charge < -0.3 is 4.90 Å². The molecule has 0 aliphatic heterocycles. The third-order valence-electron chi connectivity index (χ3n) is 6.11. The van der Waals surface area contributed by atoms with Gasteiger partial charge >= 0.3 is 0 Å². The number of hydrogen-bond donors (Lipinski definition) is 0. The van der Waals surface area contributed by atoms with Crippen LogP contribution in [-0.2, 0) is 5.41 Å². The molecule has 0 saturated carbocycles. The van der Waals surface area contributed by atoms with Gasteiger partial charge in [-0.1, -0.05) is 89.6 Å². The van der Waals surface area contributed by atoms with Gasteiger partial charge in [0, 0.05) is 13.1 Å². The van der Waals surface area contributed by atoms with Gasteiger partial charge in [-0.2, -0.15) is 10.5 Å². The topological polar surface area (TPSA) is 50.8 Å². The van der Waals surface area contributed by atoms with Crippen LogP contribution in [-0.4, -0.2) is 18.0 Å². The fourth-order valence-corrected chi connectivity index (χ4v) is 4.48. The molecule has 28 heavy (non-hydrogen) atoms. The van der Waals surface area contributed by atoms with E-state index in [-0.39, 0.29) is 6.04 Å². The van der Waals surface area contributed by atoms with Gasteiger partial charge in [0.15, 0.2) is 6.19 Å². The molecule has 0 bridgehead atoms. The van der Waals surface area contributed by atoms with Gasteiger partial charge in [0.25, 0.3) is 0 Å². The number of benzene rings is 1. The zero-order valence-electron chi connectivity index (χ0n) is 18.5. The number of nitriles is 2. The first-order valence-electron chi connectivity index (χ1n) is 11.2. The molecule has 0 aliphatic carbocycles. The summed E-state index contributed by atoms with van der Waals surface area (Å²) in [6.45, 7) is 6.61. The molecule has 2 unspecified atom stereocenters. The molecule has 0 aromatic heterocycles. The van der Waals surface area contributed by atoms with Crippen molar-refractivity contribution < 1.29 is 0 Å². The minimum Gasteiger partial charge on any atom is -0.311 e. The molecule has 0 aliphatic rings. The minimum absolute atomic E-state index is 0.102. The smallest absolute Gasteiger partial charge is 0.179 e. The van der Waals surface area contributed by atoms with E-state index in [9.17, 15) is 10.5 Å². The second kappa shape index (κ2) is 13.2. The Morgan fingerprint density at radius 2 is 1.57 bits per heavy atom. The zero-order valence-corrected chi connectivity index (χ0v) is 18.5. The normalized spacial score (nSPS) is 15.1. The molecule has 3 nitrogen and oxygen atoms in total. The van der Waals surface area contributed by atoms with Gasteiger partial charge in [-0.05, 0) is 37.2 Å². The lowest BCUT2D eigenvalue weighted by molar-refractivity contribution is 0.201. The average Bonchev–Trinajstić information content (AvgIpc) is 2.73. The largest absolute Gasteiger partial charge is 0.311 e. The first-order valence-corrected chi connectivity index (χ1v) is 11.2. The Labute approximate surface area is 173 Å². The zero-order chi connectivity index (χ0) is 20.8. The van der Waals surface area contributed by atoms with Gasteiger partial charge in [0.2, 0.25) is 0 Å². The molecule has 0 heterocycles. The summed E-state index contributed by atoms with van der Waals surface area (Å²) in [5.74, 6) is 0.327. The summed E-state index contributed by atoms with van der Waals surface area (Å²) in [6, 6.07) is 13.2. The first kappa shape index (κ1) is 24.0. The van der Waals surface area contributed by atoms with Gasteiger partial charge in [0.1, 0.15) is 0 Å².